The van der Waals surface area contributed by atoms with Gasteiger partial charge in [-0.1, -0.05) is 12.1 Å². The molecule has 1 fully saturated rings. The quantitative estimate of drug-likeness (QED) is 0.800. The van der Waals surface area contributed by atoms with Gasteiger partial charge in [0.15, 0.2) is 9.84 Å². The van der Waals surface area contributed by atoms with Crippen LogP contribution in [0.3, 0.4) is 0 Å². The summed E-state index contributed by atoms with van der Waals surface area (Å²) in [6, 6.07) is 5.83. The van der Waals surface area contributed by atoms with E-state index in [1.807, 2.05) is 25.1 Å². The van der Waals surface area contributed by atoms with E-state index in [0.29, 0.717) is 18.1 Å². The van der Waals surface area contributed by atoms with Gasteiger partial charge in [-0.05, 0) is 30.9 Å². The number of sulfone groups is 1. The highest BCUT2D eigenvalue weighted by atomic mass is 32.2. The largest absolute Gasteiger partial charge is 0.397 e. The first-order valence-corrected chi connectivity index (χ1v) is 7.59. The van der Waals surface area contributed by atoms with Gasteiger partial charge in [0.25, 0.3) is 0 Å². The second-order valence-electron chi connectivity index (χ2n) is 4.69. The fraction of sp³-hybridized carbons (Fsp3) is 0.500. The number of rotatable bonds is 3. The number of nitrogen functional groups attached to an aromatic ring is 1. The molecule has 3 N–H and O–H groups in total. The third-order valence-electron chi connectivity index (χ3n) is 3.23. The van der Waals surface area contributed by atoms with Crippen molar-refractivity contribution >= 4 is 21.2 Å². The Morgan fingerprint density at radius 3 is 2.88 bits per heavy atom. The summed E-state index contributed by atoms with van der Waals surface area (Å²) in [6.07, 6.45) is 0.751. The molecule has 0 spiro atoms. The van der Waals surface area contributed by atoms with Gasteiger partial charge in [-0.15, -0.1) is 0 Å². The van der Waals surface area contributed by atoms with Crippen molar-refractivity contribution in [2.24, 2.45) is 5.92 Å². The molecule has 1 aliphatic heterocycles. The minimum atomic E-state index is -2.79. The van der Waals surface area contributed by atoms with Crippen LogP contribution in [0.15, 0.2) is 18.2 Å². The lowest BCUT2D eigenvalue weighted by Crippen LogP contribution is -2.16. The van der Waals surface area contributed by atoms with Crippen LogP contribution < -0.4 is 11.1 Å². The molecular weight excluding hydrogens is 236 g/mol. The Kier molecular flexibility index (Phi) is 3.28. The standard InChI is InChI=1S/C12H18N2O2S/c1-9-3-2-4-11(12(9)13)14-7-10-5-6-17(15,16)8-10/h2-4,10,14H,5-8,13H2,1H3. The normalized spacial score (nSPS) is 22.5. The molecular formula is C12H18N2O2S. The van der Waals surface area contributed by atoms with Crippen LogP contribution in [-0.2, 0) is 9.84 Å². The Balaban J connectivity index is 1.97. The molecule has 5 heteroatoms. The van der Waals surface area contributed by atoms with E-state index in [2.05, 4.69) is 5.32 Å². The molecule has 1 aromatic carbocycles. The Morgan fingerprint density at radius 2 is 2.24 bits per heavy atom. The zero-order valence-electron chi connectivity index (χ0n) is 9.94. The molecule has 1 atom stereocenters. The van der Waals surface area contributed by atoms with Gasteiger partial charge >= 0.3 is 0 Å². The van der Waals surface area contributed by atoms with Crippen molar-refractivity contribution in [3.8, 4) is 0 Å². The first-order valence-electron chi connectivity index (χ1n) is 5.77. The highest BCUT2D eigenvalue weighted by molar-refractivity contribution is 7.91. The smallest absolute Gasteiger partial charge is 0.150 e. The number of anilines is 2. The van der Waals surface area contributed by atoms with Gasteiger partial charge in [0.2, 0.25) is 0 Å². The second-order valence-corrected chi connectivity index (χ2v) is 6.91. The minimum Gasteiger partial charge on any atom is -0.397 e. The van der Waals surface area contributed by atoms with Crippen LogP contribution in [0.1, 0.15) is 12.0 Å². The topological polar surface area (TPSA) is 72.2 Å². The number of hydrogen-bond acceptors (Lipinski definition) is 4. The molecule has 0 amide bonds. The van der Waals surface area contributed by atoms with Crippen molar-refractivity contribution < 1.29 is 8.42 Å². The molecule has 2 rings (SSSR count). The molecule has 1 aromatic rings. The van der Waals surface area contributed by atoms with Gasteiger partial charge in [0.1, 0.15) is 0 Å². The fourth-order valence-corrected chi connectivity index (χ4v) is 3.98. The molecule has 0 bridgehead atoms. The summed E-state index contributed by atoms with van der Waals surface area (Å²) in [6.45, 7) is 2.63. The maximum atomic E-state index is 11.3. The van der Waals surface area contributed by atoms with Gasteiger partial charge < -0.3 is 11.1 Å². The second kappa shape index (κ2) is 4.56. The van der Waals surface area contributed by atoms with Crippen LogP contribution >= 0.6 is 0 Å². The third-order valence-corrected chi connectivity index (χ3v) is 5.07. The molecule has 17 heavy (non-hydrogen) atoms. The molecule has 1 unspecified atom stereocenters. The average molecular weight is 254 g/mol. The molecule has 4 nitrogen and oxygen atoms in total. The summed E-state index contributed by atoms with van der Waals surface area (Å²) in [5.74, 6) is 0.828. The molecule has 0 saturated carbocycles. The molecule has 1 saturated heterocycles. The summed E-state index contributed by atoms with van der Waals surface area (Å²) < 4.78 is 22.6. The van der Waals surface area contributed by atoms with Gasteiger partial charge in [0, 0.05) is 6.54 Å². The zero-order chi connectivity index (χ0) is 12.5. The van der Waals surface area contributed by atoms with Crippen LogP contribution in [0.25, 0.3) is 0 Å². The predicted octanol–water partition coefficient (Wildman–Crippen LogP) is 1.42. The summed E-state index contributed by atoms with van der Waals surface area (Å²) in [5, 5.41) is 3.24. The summed E-state index contributed by atoms with van der Waals surface area (Å²) in [7, 11) is -2.79. The van der Waals surface area contributed by atoms with Crippen molar-refractivity contribution in [1.29, 1.82) is 0 Å². The predicted molar refractivity (Wildman–Crippen MR) is 70.8 cm³/mol. The first-order chi connectivity index (χ1) is 7.98. The van der Waals surface area contributed by atoms with E-state index in [4.69, 9.17) is 5.73 Å². The number of nitrogens with two attached hydrogens (primary N) is 1. The van der Waals surface area contributed by atoms with E-state index in [1.165, 1.54) is 0 Å². The number of hydrogen-bond donors (Lipinski definition) is 2. The van der Waals surface area contributed by atoms with Crippen molar-refractivity contribution in [3.05, 3.63) is 23.8 Å². The molecule has 0 radical (unpaired) electrons. The molecule has 94 valence electrons. The summed E-state index contributed by atoms with van der Waals surface area (Å²) in [5.41, 5.74) is 8.62. The lowest BCUT2D eigenvalue weighted by atomic mass is 10.1. The van der Waals surface area contributed by atoms with Crippen LogP contribution in [0, 0.1) is 12.8 Å². The van der Waals surface area contributed by atoms with E-state index in [-0.39, 0.29) is 5.92 Å². The van der Waals surface area contributed by atoms with Gasteiger partial charge in [-0.25, -0.2) is 8.42 Å². The molecule has 0 aliphatic carbocycles. The Morgan fingerprint density at radius 1 is 1.47 bits per heavy atom. The lowest BCUT2D eigenvalue weighted by Gasteiger charge is -2.13. The van der Waals surface area contributed by atoms with Crippen LogP contribution in [0.2, 0.25) is 0 Å². The first kappa shape index (κ1) is 12.2. The highest BCUT2D eigenvalue weighted by Crippen LogP contribution is 2.24. The number of para-hydroxylation sites is 1. The van der Waals surface area contributed by atoms with Crippen molar-refractivity contribution in [2.45, 2.75) is 13.3 Å². The van der Waals surface area contributed by atoms with Crippen molar-refractivity contribution in [2.75, 3.05) is 29.1 Å². The van der Waals surface area contributed by atoms with Crippen LogP contribution in [0.4, 0.5) is 11.4 Å². The molecule has 0 aromatic heterocycles. The Bertz CT molecular complexity index is 511. The SMILES string of the molecule is Cc1cccc(NCC2CCS(=O)(=O)C2)c1N. The van der Waals surface area contributed by atoms with E-state index in [0.717, 1.165) is 23.4 Å². The van der Waals surface area contributed by atoms with Crippen LogP contribution in [0.5, 0.6) is 0 Å². The Labute approximate surface area is 102 Å². The summed E-state index contributed by atoms with van der Waals surface area (Å²) >= 11 is 0. The van der Waals surface area contributed by atoms with E-state index in [1.54, 1.807) is 0 Å². The average Bonchev–Trinajstić information content (AvgIpc) is 2.61. The number of nitrogens with one attached hydrogen (secondary N) is 1. The zero-order valence-corrected chi connectivity index (χ0v) is 10.8. The van der Waals surface area contributed by atoms with Gasteiger partial charge in [0.05, 0.1) is 22.9 Å². The maximum Gasteiger partial charge on any atom is 0.150 e. The minimum absolute atomic E-state index is 0.208. The summed E-state index contributed by atoms with van der Waals surface area (Å²) in [4.78, 5) is 0. The van der Waals surface area contributed by atoms with Crippen LogP contribution in [-0.4, -0.2) is 26.5 Å². The fourth-order valence-electron chi connectivity index (χ4n) is 2.12. The molecule has 1 aliphatic rings. The van der Waals surface area contributed by atoms with Crippen molar-refractivity contribution in [3.63, 3.8) is 0 Å². The maximum absolute atomic E-state index is 11.3. The van der Waals surface area contributed by atoms with Gasteiger partial charge in [-0.2, -0.15) is 0 Å². The van der Waals surface area contributed by atoms with Gasteiger partial charge in [-0.3, -0.25) is 0 Å². The lowest BCUT2D eigenvalue weighted by molar-refractivity contribution is 0.596. The van der Waals surface area contributed by atoms with E-state index in [9.17, 15) is 8.42 Å². The number of aryl methyl sites for hydroxylation is 1. The van der Waals surface area contributed by atoms with Crippen molar-refractivity contribution in [1.82, 2.24) is 0 Å². The third kappa shape index (κ3) is 2.91. The van der Waals surface area contributed by atoms with E-state index < -0.39 is 9.84 Å². The number of benzene rings is 1. The molecule has 1 heterocycles. The monoisotopic (exact) mass is 254 g/mol. The van der Waals surface area contributed by atoms with E-state index >= 15 is 0 Å². The Hall–Kier alpha value is -1.23. The highest BCUT2D eigenvalue weighted by Gasteiger charge is 2.27.